The highest BCUT2D eigenvalue weighted by molar-refractivity contribution is 5.95. The minimum Gasteiger partial charge on any atom is -0.481 e. The third-order valence-electron chi connectivity index (χ3n) is 4.38. The van der Waals surface area contributed by atoms with E-state index in [2.05, 4.69) is 12.2 Å². The SMILES string of the molecule is Cc1occc1C(=O)NCC1(C(=O)O)CCC(C)CC1. The molecule has 0 unspecified atom stereocenters. The first-order valence-electron chi connectivity index (χ1n) is 7.00. The van der Waals surface area contributed by atoms with Gasteiger partial charge in [-0.2, -0.15) is 0 Å². The Hall–Kier alpha value is -1.78. The van der Waals surface area contributed by atoms with Gasteiger partial charge in [0.1, 0.15) is 5.76 Å². The number of hydrogen-bond donors (Lipinski definition) is 2. The van der Waals surface area contributed by atoms with E-state index in [1.54, 1.807) is 13.0 Å². The molecular formula is C15H21NO4. The summed E-state index contributed by atoms with van der Waals surface area (Å²) in [6.45, 7) is 4.03. The molecule has 1 fully saturated rings. The Morgan fingerprint density at radius 3 is 2.60 bits per heavy atom. The largest absolute Gasteiger partial charge is 0.481 e. The van der Waals surface area contributed by atoms with E-state index in [0.717, 1.165) is 12.8 Å². The average Bonchev–Trinajstić information content (AvgIpc) is 2.84. The van der Waals surface area contributed by atoms with Crippen molar-refractivity contribution in [3.05, 3.63) is 23.7 Å². The molecule has 1 aliphatic rings. The Kier molecular flexibility index (Phi) is 4.16. The van der Waals surface area contributed by atoms with E-state index in [4.69, 9.17) is 4.42 Å². The second kappa shape index (κ2) is 5.69. The summed E-state index contributed by atoms with van der Waals surface area (Å²) < 4.78 is 5.09. The number of aliphatic carboxylic acids is 1. The van der Waals surface area contributed by atoms with Crippen molar-refractivity contribution >= 4 is 11.9 Å². The number of carboxylic acid groups (broad SMARTS) is 1. The maximum atomic E-state index is 12.0. The summed E-state index contributed by atoms with van der Waals surface area (Å²) in [4.78, 5) is 23.6. The molecule has 2 N–H and O–H groups in total. The van der Waals surface area contributed by atoms with Gasteiger partial charge in [0.2, 0.25) is 0 Å². The lowest BCUT2D eigenvalue weighted by Crippen LogP contribution is -2.45. The van der Waals surface area contributed by atoms with Crippen LogP contribution in [0.2, 0.25) is 0 Å². The normalized spacial score (nSPS) is 26.2. The molecule has 0 radical (unpaired) electrons. The summed E-state index contributed by atoms with van der Waals surface area (Å²) in [6.07, 6.45) is 4.49. The summed E-state index contributed by atoms with van der Waals surface area (Å²) in [5.41, 5.74) is -0.352. The van der Waals surface area contributed by atoms with Crippen LogP contribution in [0.25, 0.3) is 0 Å². The molecule has 5 heteroatoms. The molecule has 5 nitrogen and oxygen atoms in total. The van der Waals surface area contributed by atoms with Crippen LogP contribution in [-0.2, 0) is 4.79 Å². The lowest BCUT2D eigenvalue weighted by molar-refractivity contribution is -0.151. The summed E-state index contributed by atoms with van der Waals surface area (Å²) in [7, 11) is 0. The Balaban J connectivity index is 2.02. The fourth-order valence-electron chi connectivity index (χ4n) is 2.75. The Morgan fingerprint density at radius 1 is 1.45 bits per heavy atom. The lowest BCUT2D eigenvalue weighted by Gasteiger charge is -2.35. The Bertz CT molecular complexity index is 498. The number of carboxylic acids is 1. The van der Waals surface area contributed by atoms with Gasteiger partial charge in [0.25, 0.3) is 5.91 Å². The van der Waals surface area contributed by atoms with Gasteiger partial charge in [-0.25, -0.2) is 0 Å². The minimum atomic E-state index is -0.820. The van der Waals surface area contributed by atoms with Gasteiger partial charge in [0.05, 0.1) is 17.2 Å². The van der Waals surface area contributed by atoms with Gasteiger partial charge in [0.15, 0.2) is 0 Å². The highest BCUT2D eigenvalue weighted by Crippen LogP contribution is 2.38. The molecule has 2 rings (SSSR count). The standard InChI is InChI=1S/C15H21NO4/c1-10-3-6-15(7-4-10,14(18)19)9-16-13(17)12-5-8-20-11(12)2/h5,8,10H,3-4,6-7,9H2,1-2H3,(H,16,17)(H,18,19). The molecule has 110 valence electrons. The van der Waals surface area contributed by atoms with Crippen molar-refractivity contribution in [2.24, 2.45) is 11.3 Å². The van der Waals surface area contributed by atoms with Crippen LogP contribution < -0.4 is 5.32 Å². The summed E-state index contributed by atoms with van der Waals surface area (Å²) in [5, 5.41) is 12.3. The highest BCUT2D eigenvalue weighted by atomic mass is 16.4. The first-order valence-corrected chi connectivity index (χ1v) is 7.00. The van der Waals surface area contributed by atoms with Crippen LogP contribution in [0.3, 0.4) is 0 Å². The molecule has 20 heavy (non-hydrogen) atoms. The van der Waals surface area contributed by atoms with E-state index in [1.165, 1.54) is 6.26 Å². The summed E-state index contributed by atoms with van der Waals surface area (Å²) in [6, 6.07) is 1.60. The zero-order valence-electron chi connectivity index (χ0n) is 11.9. The van der Waals surface area contributed by atoms with E-state index in [0.29, 0.717) is 30.1 Å². The average molecular weight is 279 g/mol. The molecule has 0 spiro atoms. The van der Waals surface area contributed by atoms with Crippen molar-refractivity contribution < 1.29 is 19.1 Å². The van der Waals surface area contributed by atoms with Crippen LogP contribution in [0.4, 0.5) is 0 Å². The van der Waals surface area contributed by atoms with Gasteiger partial charge in [-0.3, -0.25) is 9.59 Å². The Labute approximate surface area is 118 Å². The van der Waals surface area contributed by atoms with E-state index < -0.39 is 11.4 Å². The van der Waals surface area contributed by atoms with Gasteiger partial charge in [-0.15, -0.1) is 0 Å². The number of nitrogens with one attached hydrogen (secondary N) is 1. The zero-order valence-corrected chi connectivity index (χ0v) is 11.9. The van der Waals surface area contributed by atoms with Crippen molar-refractivity contribution in [2.45, 2.75) is 39.5 Å². The van der Waals surface area contributed by atoms with Crippen molar-refractivity contribution in [1.29, 1.82) is 0 Å². The van der Waals surface area contributed by atoms with E-state index in [9.17, 15) is 14.7 Å². The number of carbonyl (C=O) groups is 2. The molecule has 0 atom stereocenters. The molecular weight excluding hydrogens is 258 g/mol. The number of rotatable bonds is 4. The second-order valence-corrected chi connectivity index (χ2v) is 5.84. The third kappa shape index (κ3) is 2.86. The molecule has 1 saturated carbocycles. The van der Waals surface area contributed by atoms with Crippen LogP contribution in [-0.4, -0.2) is 23.5 Å². The lowest BCUT2D eigenvalue weighted by atomic mass is 9.71. The number of hydrogen-bond acceptors (Lipinski definition) is 3. The van der Waals surface area contributed by atoms with Gasteiger partial charge in [-0.05, 0) is 44.6 Å². The highest BCUT2D eigenvalue weighted by Gasteiger charge is 2.41. The molecule has 1 aliphatic carbocycles. The quantitative estimate of drug-likeness (QED) is 0.887. The van der Waals surface area contributed by atoms with E-state index >= 15 is 0 Å². The van der Waals surface area contributed by atoms with E-state index in [1.807, 2.05) is 0 Å². The number of aryl methyl sites for hydroxylation is 1. The van der Waals surface area contributed by atoms with Crippen LogP contribution in [0.15, 0.2) is 16.7 Å². The third-order valence-corrected chi connectivity index (χ3v) is 4.38. The molecule has 1 aromatic heterocycles. The molecule has 0 aromatic carbocycles. The number of carbonyl (C=O) groups excluding carboxylic acids is 1. The topological polar surface area (TPSA) is 79.5 Å². The van der Waals surface area contributed by atoms with Crippen molar-refractivity contribution in [1.82, 2.24) is 5.32 Å². The zero-order chi connectivity index (χ0) is 14.8. The fraction of sp³-hybridized carbons (Fsp3) is 0.600. The van der Waals surface area contributed by atoms with Gasteiger partial charge < -0.3 is 14.8 Å². The van der Waals surface area contributed by atoms with Gasteiger partial charge in [-0.1, -0.05) is 6.92 Å². The molecule has 0 bridgehead atoms. The predicted molar refractivity (Wildman–Crippen MR) is 73.5 cm³/mol. The molecule has 1 heterocycles. The first-order chi connectivity index (χ1) is 9.44. The maximum absolute atomic E-state index is 12.0. The van der Waals surface area contributed by atoms with Crippen LogP contribution in [0.1, 0.15) is 48.7 Å². The summed E-state index contributed by atoms with van der Waals surface area (Å²) >= 11 is 0. The predicted octanol–water partition coefficient (Wildman–Crippen LogP) is 2.60. The smallest absolute Gasteiger partial charge is 0.311 e. The first kappa shape index (κ1) is 14.6. The molecule has 0 aliphatic heterocycles. The monoisotopic (exact) mass is 279 g/mol. The number of amides is 1. The van der Waals surface area contributed by atoms with Crippen LogP contribution >= 0.6 is 0 Å². The second-order valence-electron chi connectivity index (χ2n) is 5.84. The molecule has 1 amide bonds. The fourth-order valence-corrected chi connectivity index (χ4v) is 2.75. The minimum absolute atomic E-state index is 0.179. The van der Waals surface area contributed by atoms with Crippen molar-refractivity contribution in [2.75, 3.05) is 6.54 Å². The van der Waals surface area contributed by atoms with Gasteiger partial charge in [0, 0.05) is 6.54 Å². The van der Waals surface area contributed by atoms with Gasteiger partial charge >= 0.3 is 5.97 Å². The van der Waals surface area contributed by atoms with Crippen molar-refractivity contribution in [3.8, 4) is 0 Å². The molecule has 0 saturated heterocycles. The van der Waals surface area contributed by atoms with Crippen molar-refractivity contribution in [3.63, 3.8) is 0 Å². The maximum Gasteiger partial charge on any atom is 0.311 e. The van der Waals surface area contributed by atoms with Crippen LogP contribution in [0.5, 0.6) is 0 Å². The Morgan fingerprint density at radius 2 is 2.10 bits per heavy atom. The molecule has 1 aromatic rings. The summed E-state index contributed by atoms with van der Waals surface area (Å²) in [5.74, 6) is 0.0301. The van der Waals surface area contributed by atoms with Crippen LogP contribution in [0, 0.1) is 18.3 Å². The number of furan rings is 1. The van der Waals surface area contributed by atoms with E-state index in [-0.39, 0.29) is 12.5 Å².